The first-order valence-electron chi connectivity index (χ1n) is 19.5. The van der Waals surface area contributed by atoms with E-state index in [-0.39, 0.29) is 23.2 Å². The van der Waals surface area contributed by atoms with Crippen LogP contribution in [0.25, 0.3) is 0 Å². The fraction of sp³-hybridized carbons (Fsp3) is 0.585. The summed E-state index contributed by atoms with van der Waals surface area (Å²) in [6, 6.07) is 3.99. The molecule has 2 aromatic rings. The second kappa shape index (κ2) is 16.4. The van der Waals surface area contributed by atoms with E-state index in [9.17, 15) is 48.6 Å². The van der Waals surface area contributed by atoms with Crippen molar-refractivity contribution in [1.29, 1.82) is 0 Å². The highest BCUT2D eigenvalue weighted by Gasteiger charge is 2.92. The van der Waals surface area contributed by atoms with Crippen LogP contribution >= 0.6 is 0 Å². The molecule has 336 valence electrons. The number of hydrogen-bond acceptors (Lipinski definition) is 21. The molecule has 2 aliphatic heterocycles. The zero-order valence-corrected chi connectivity index (χ0v) is 35.0. The van der Waals surface area contributed by atoms with E-state index in [0.29, 0.717) is 0 Å². The van der Waals surface area contributed by atoms with Crippen LogP contribution in [0.1, 0.15) is 88.2 Å². The van der Waals surface area contributed by atoms with E-state index in [1.807, 2.05) is 0 Å². The molecular formula is C41H47NO20. The second-order valence-corrected chi connectivity index (χ2v) is 16.4. The summed E-state index contributed by atoms with van der Waals surface area (Å²) in [7, 11) is 0. The second-order valence-electron chi connectivity index (χ2n) is 16.4. The summed E-state index contributed by atoms with van der Waals surface area (Å²) < 4.78 is 59.6. The lowest BCUT2D eigenvalue weighted by atomic mass is 9.45. The summed E-state index contributed by atoms with van der Waals surface area (Å²) in [6.45, 7) is 6.25. The molecule has 0 aromatic carbocycles. The van der Waals surface area contributed by atoms with Crippen molar-refractivity contribution in [2.75, 3.05) is 13.2 Å². The molecule has 4 aliphatic rings. The minimum absolute atomic E-state index is 0.0776. The van der Waals surface area contributed by atoms with Crippen LogP contribution in [0.2, 0.25) is 0 Å². The molecule has 0 amide bonds. The van der Waals surface area contributed by atoms with Crippen LogP contribution in [0, 0.1) is 11.3 Å². The standard InChI is InChI=1S/C41H47NO20/c1-19(43)54-18-40-32(58-22(4)46)28(56-20(2)44)27-30(57-21(3)45)41(40)39(8,52)31(29(33(40)59-23(5)47)60-34(48)24-12-15-53-16-24)61-36(50)37(6,51)13-11-26-25(10-9-14-42-26)35(49)55-17-38(27,7)62-41/h9-10,12,14-16,27-33,51-52H,11,13,17-18H2,1-8H3/t27-,28-,29+,30+,31+,32-,33+,37+,38+,39+,40-,41+/m1/s1. The van der Waals surface area contributed by atoms with E-state index in [1.165, 1.54) is 31.3 Å². The lowest BCUT2D eigenvalue weighted by Crippen LogP contribution is -2.89. The van der Waals surface area contributed by atoms with E-state index in [2.05, 4.69) is 4.98 Å². The maximum Gasteiger partial charge on any atom is 0.341 e. The van der Waals surface area contributed by atoms with Gasteiger partial charge in [-0.2, -0.15) is 0 Å². The maximum atomic E-state index is 14.4. The van der Waals surface area contributed by atoms with Gasteiger partial charge in [0.25, 0.3) is 0 Å². The summed E-state index contributed by atoms with van der Waals surface area (Å²) in [5.41, 5.74) is -13.5. The number of carbonyl (C=O) groups is 8. The fourth-order valence-corrected chi connectivity index (χ4v) is 9.53. The Balaban J connectivity index is 1.79. The van der Waals surface area contributed by atoms with Gasteiger partial charge in [0.15, 0.2) is 35.6 Å². The zero-order valence-electron chi connectivity index (χ0n) is 35.0. The molecule has 4 heterocycles. The molecule has 4 bridgehead atoms. The predicted molar refractivity (Wildman–Crippen MR) is 199 cm³/mol. The van der Waals surface area contributed by atoms with Gasteiger partial charge < -0.3 is 57.3 Å². The quantitative estimate of drug-likeness (QED) is 0.275. The molecule has 3 fully saturated rings. The smallest absolute Gasteiger partial charge is 0.341 e. The molecule has 12 atom stereocenters. The Hall–Kier alpha value is -5.93. The van der Waals surface area contributed by atoms with Gasteiger partial charge in [0, 0.05) is 40.8 Å². The Morgan fingerprint density at radius 2 is 1.42 bits per heavy atom. The molecule has 6 rings (SSSR count). The molecule has 2 saturated carbocycles. The van der Waals surface area contributed by atoms with Gasteiger partial charge in [-0.1, -0.05) is 0 Å². The summed E-state index contributed by atoms with van der Waals surface area (Å²) in [5.74, 6) is -10.7. The number of rotatable bonds is 8. The van der Waals surface area contributed by atoms with E-state index in [4.69, 9.17) is 47.0 Å². The van der Waals surface area contributed by atoms with Crippen molar-refractivity contribution in [3.05, 3.63) is 53.7 Å². The van der Waals surface area contributed by atoms with Gasteiger partial charge in [-0.3, -0.25) is 29.0 Å². The number of pyridine rings is 1. The van der Waals surface area contributed by atoms with Crippen molar-refractivity contribution in [1.82, 2.24) is 4.98 Å². The average Bonchev–Trinajstić information content (AvgIpc) is 3.79. The number of fused-ring (bicyclic) bond motifs is 5. The number of furan rings is 1. The normalized spacial score (nSPS) is 36.3. The molecule has 21 heteroatoms. The lowest BCUT2D eigenvalue weighted by Gasteiger charge is -2.67. The van der Waals surface area contributed by atoms with Crippen LogP contribution in [-0.2, 0) is 77.8 Å². The molecule has 2 aromatic heterocycles. The van der Waals surface area contributed by atoms with Gasteiger partial charge in [-0.15, -0.1) is 0 Å². The summed E-state index contributed by atoms with van der Waals surface area (Å²) in [4.78, 5) is 113. The third kappa shape index (κ3) is 7.54. The minimum atomic E-state index is -3.00. The molecule has 1 saturated heterocycles. The summed E-state index contributed by atoms with van der Waals surface area (Å²) in [6.07, 6.45) is -10.1. The fourth-order valence-electron chi connectivity index (χ4n) is 9.53. The van der Waals surface area contributed by atoms with Crippen LogP contribution < -0.4 is 0 Å². The first kappa shape index (κ1) is 45.6. The number of aryl methyl sites for hydroxylation is 1. The number of hydrogen-bond donors (Lipinski definition) is 2. The van der Waals surface area contributed by atoms with E-state index in [0.717, 1.165) is 61.0 Å². The first-order chi connectivity index (χ1) is 28.9. The van der Waals surface area contributed by atoms with E-state index in [1.54, 1.807) is 0 Å². The molecule has 0 radical (unpaired) electrons. The summed E-state index contributed by atoms with van der Waals surface area (Å²) >= 11 is 0. The predicted octanol–water partition coefficient (Wildman–Crippen LogP) is 0.864. The average molecular weight is 874 g/mol. The van der Waals surface area contributed by atoms with Crippen LogP contribution in [0.5, 0.6) is 0 Å². The van der Waals surface area contributed by atoms with Crippen LogP contribution in [-0.4, -0.2) is 135 Å². The molecule has 21 nitrogen and oxygen atoms in total. The monoisotopic (exact) mass is 873 g/mol. The number of carbonyl (C=O) groups excluding carboxylic acids is 8. The van der Waals surface area contributed by atoms with Crippen molar-refractivity contribution >= 4 is 47.8 Å². The minimum Gasteiger partial charge on any atom is -0.472 e. The Bertz CT molecular complexity index is 2150. The third-order valence-electron chi connectivity index (χ3n) is 11.9. The Morgan fingerprint density at radius 3 is 2.00 bits per heavy atom. The first-order valence-corrected chi connectivity index (χ1v) is 19.5. The highest BCUT2D eigenvalue weighted by atomic mass is 16.7. The van der Waals surface area contributed by atoms with Gasteiger partial charge in [0.1, 0.15) is 48.3 Å². The largest absolute Gasteiger partial charge is 0.472 e. The van der Waals surface area contributed by atoms with E-state index >= 15 is 0 Å². The number of aliphatic hydroxyl groups is 2. The third-order valence-corrected chi connectivity index (χ3v) is 11.9. The zero-order chi connectivity index (χ0) is 45.7. The van der Waals surface area contributed by atoms with Crippen molar-refractivity contribution in [2.45, 2.75) is 127 Å². The van der Waals surface area contributed by atoms with Crippen molar-refractivity contribution in [2.24, 2.45) is 11.3 Å². The Labute approximate surface area is 353 Å². The van der Waals surface area contributed by atoms with Gasteiger partial charge in [0.05, 0.1) is 29.0 Å². The Kier molecular flexibility index (Phi) is 12.1. The molecule has 0 unspecified atom stereocenters. The highest BCUT2D eigenvalue weighted by Crippen LogP contribution is 2.70. The number of nitrogens with zero attached hydrogens (tertiary/aromatic N) is 1. The number of esters is 8. The highest BCUT2D eigenvalue weighted by molar-refractivity contribution is 5.91. The van der Waals surface area contributed by atoms with Crippen molar-refractivity contribution in [3.8, 4) is 0 Å². The molecule has 62 heavy (non-hydrogen) atoms. The van der Waals surface area contributed by atoms with Crippen molar-refractivity contribution < 1.29 is 95.6 Å². The van der Waals surface area contributed by atoms with Gasteiger partial charge in [0.2, 0.25) is 0 Å². The summed E-state index contributed by atoms with van der Waals surface area (Å²) in [5, 5.41) is 25.3. The Morgan fingerprint density at radius 1 is 0.806 bits per heavy atom. The number of ether oxygens (including phenoxy) is 9. The SMILES string of the molecule is CC(=O)OC[C@]12[C@H](OC(C)=O)[C@H](OC(C)=O)[C@@H]3[C@H](OC(C)=O)[C@@]14O[C@@]3(C)COC(=O)c1cccnc1CC[C@](C)(O)C(=O)O[C@@H]([C@H](OC(=O)c1ccoc1)[C@@H]2OC(C)=O)[C@]4(C)O. The van der Waals surface area contributed by atoms with Gasteiger partial charge >= 0.3 is 47.8 Å². The molecule has 2 aliphatic carbocycles. The maximum absolute atomic E-state index is 14.4. The van der Waals surface area contributed by atoms with Crippen molar-refractivity contribution in [3.63, 3.8) is 0 Å². The molecular weight excluding hydrogens is 826 g/mol. The van der Waals surface area contributed by atoms with E-state index < -0.39 is 138 Å². The molecule has 2 N–H and O–H groups in total. The topological polar surface area (TPSA) is 286 Å². The molecule has 1 spiro atoms. The van der Waals surface area contributed by atoms with Crippen LogP contribution in [0.15, 0.2) is 41.3 Å². The lowest BCUT2D eigenvalue weighted by molar-refractivity contribution is -0.386. The van der Waals surface area contributed by atoms with Gasteiger partial charge in [-0.25, -0.2) is 14.4 Å². The van der Waals surface area contributed by atoms with Crippen LogP contribution in [0.3, 0.4) is 0 Å². The van der Waals surface area contributed by atoms with Crippen LogP contribution in [0.4, 0.5) is 0 Å². The van der Waals surface area contributed by atoms with Gasteiger partial charge in [-0.05, 0) is 51.8 Å². The number of cyclic esters (lactones) is 1. The number of aromatic nitrogens is 1.